The minimum atomic E-state index is -0.182. The van der Waals surface area contributed by atoms with Gasteiger partial charge in [0.25, 0.3) is 0 Å². The van der Waals surface area contributed by atoms with Crippen molar-refractivity contribution < 1.29 is 4.79 Å². The van der Waals surface area contributed by atoms with Gasteiger partial charge in [0.15, 0.2) is 0 Å². The summed E-state index contributed by atoms with van der Waals surface area (Å²) < 4.78 is 0. The molecule has 2 rings (SSSR count). The molecule has 3 N–H and O–H groups in total. The van der Waals surface area contributed by atoms with E-state index < -0.39 is 0 Å². The molecule has 0 aromatic heterocycles. The summed E-state index contributed by atoms with van der Waals surface area (Å²) in [5.41, 5.74) is 6.93. The van der Waals surface area contributed by atoms with Crippen LogP contribution in [0.3, 0.4) is 0 Å². The SMILES string of the molecule is Nc1ccccc1NC(=O)N1C=CC=CC1. The van der Waals surface area contributed by atoms with Crippen molar-refractivity contribution in [1.82, 2.24) is 4.90 Å². The maximum Gasteiger partial charge on any atom is 0.326 e. The minimum Gasteiger partial charge on any atom is -0.397 e. The van der Waals surface area contributed by atoms with Crippen molar-refractivity contribution in [3.63, 3.8) is 0 Å². The fourth-order valence-corrected chi connectivity index (χ4v) is 1.42. The maximum absolute atomic E-state index is 11.8. The second-order valence-electron chi connectivity index (χ2n) is 3.44. The number of hydrogen-bond donors (Lipinski definition) is 2. The monoisotopic (exact) mass is 215 g/mol. The highest BCUT2D eigenvalue weighted by Crippen LogP contribution is 2.17. The summed E-state index contributed by atoms with van der Waals surface area (Å²) in [5.74, 6) is 0. The van der Waals surface area contributed by atoms with Crippen LogP contribution in [-0.4, -0.2) is 17.5 Å². The number of urea groups is 1. The van der Waals surface area contributed by atoms with E-state index >= 15 is 0 Å². The average molecular weight is 215 g/mol. The lowest BCUT2D eigenvalue weighted by molar-refractivity contribution is 0.231. The normalized spacial score (nSPS) is 13.9. The molecule has 0 radical (unpaired) electrons. The van der Waals surface area contributed by atoms with Crippen molar-refractivity contribution in [1.29, 1.82) is 0 Å². The molecule has 0 unspecified atom stereocenters. The van der Waals surface area contributed by atoms with Crippen LogP contribution >= 0.6 is 0 Å². The first kappa shape index (κ1) is 10.3. The predicted octanol–water partition coefficient (Wildman–Crippen LogP) is 2.19. The molecule has 1 heterocycles. The maximum atomic E-state index is 11.8. The summed E-state index contributed by atoms with van der Waals surface area (Å²) in [6.45, 7) is 0.578. The number of nitrogens with two attached hydrogens (primary N) is 1. The first-order valence-electron chi connectivity index (χ1n) is 5.03. The zero-order valence-electron chi connectivity index (χ0n) is 8.76. The number of para-hydroxylation sites is 2. The zero-order chi connectivity index (χ0) is 11.4. The Kier molecular flexibility index (Phi) is 2.91. The van der Waals surface area contributed by atoms with Gasteiger partial charge < -0.3 is 11.1 Å². The number of carbonyl (C=O) groups excluding carboxylic acids is 1. The third-order valence-corrected chi connectivity index (χ3v) is 2.28. The fourth-order valence-electron chi connectivity index (χ4n) is 1.42. The summed E-state index contributed by atoms with van der Waals surface area (Å²) in [4.78, 5) is 13.4. The number of nitrogen functional groups attached to an aromatic ring is 1. The molecule has 2 amide bonds. The van der Waals surface area contributed by atoms with E-state index in [9.17, 15) is 4.79 Å². The van der Waals surface area contributed by atoms with E-state index in [1.807, 2.05) is 30.4 Å². The molecular formula is C12H13N3O. The molecule has 1 aromatic rings. The summed E-state index contributed by atoms with van der Waals surface area (Å²) >= 11 is 0. The lowest BCUT2D eigenvalue weighted by Gasteiger charge is -2.19. The van der Waals surface area contributed by atoms with Crippen LogP contribution in [0.1, 0.15) is 0 Å². The smallest absolute Gasteiger partial charge is 0.326 e. The molecule has 0 aliphatic carbocycles. The number of hydrogen-bond acceptors (Lipinski definition) is 2. The lowest BCUT2D eigenvalue weighted by Crippen LogP contribution is -2.31. The number of nitrogens with zero attached hydrogens (tertiary/aromatic N) is 1. The van der Waals surface area contributed by atoms with Crippen molar-refractivity contribution in [2.75, 3.05) is 17.6 Å². The number of rotatable bonds is 1. The highest BCUT2D eigenvalue weighted by Gasteiger charge is 2.11. The number of allylic oxidation sites excluding steroid dienone is 2. The van der Waals surface area contributed by atoms with Gasteiger partial charge in [0.1, 0.15) is 0 Å². The predicted molar refractivity (Wildman–Crippen MR) is 64.9 cm³/mol. The molecule has 16 heavy (non-hydrogen) atoms. The Balaban J connectivity index is 2.05. The van der Waals surface area contributed by atoms with Crippen LogP contribution in [0.25, 0.3) is 0 Å². The Bertz CT molecular complexity index is 451. The van der Waals surface area contributed by atoms with Crippen molar-refractivity contribution >= 4 is 17.4 Å². The Morgan fingerprint density at radius 3 is 2.81 bits per heavy atom. The second kappa shape index (κ2) is 4.53. The summed E-state index contributed by atoms with van der Waals surface area (Å²) in [6, 6.07) is 7.00. The van der Waals surface area contributed by atoms with E-state index in [4.69, 9.17) is 5.73 Å². The standard InChI is InChI=1S/C12H13N3O/c13-10-6-2-3-7-11(10)14-12(16)15-8-4-1-5-9-15/h1-8H,9,13H2,(H,14,16). The lowest BCUT2D eigenvalue weighted by atomic mass is 10.3. The van der Waals surface area contributed by atoms with Crippen LogP contribution in [-0.2, 0) is 0 Å². The Labute approximate surface area is 94.0 Å². The second-order valence-corrected chi connectivity index (χ2v) is 3.44. The molecule has 1 aliphatic rings. The van der Waals surface area contributed by atoms with Gasteiger partial charge in [0, 0.05) is 12.7 Å². The molecular weight excluding hydrogens is 202 g/mol. The van der Waals surface area contributed by atoms with Gasteiger partial charge in [-0.15, -0.1) is 0 Å². The fraction of sp³-hybridized carbons (Fsp3) is 0.0833. The Morgan fingerprint density at radius 1 is 1.31 bits per heavy atom. The van der Waals surface area contributed by atoms with Gasteiger partial charge in [0.2, 0.25) is 0 Å². The van der Waals surface area contributed by atoms with E-state index in [-0.39, 0.29) is 6.03 Å². The van der Waals surface area contributed by atoms with Crippen LogP contribution in [0.2, 0.25) is 0 Å². The van der Waals surface area contributed by atoms with Gasteiger partial charge >= 0.3 is 6.03 Å². The van der Waals surface area contributed by atoms with Gasteiger partial charge in [-0.05, 0) is 18.2 Å². The number of benzene rings is 1. The Morgan fingerprint density at radius 2 is 2.12 bits per heavy atom. The van der Waals surface area contributed by atoms with Crippen LogP contribution in [0.4, 0.5) is 16.2 Å². The third kappa shape index (κ3) is 2.23. The summed E-state index contributed by atoms with van der Waals surface area (Å²) in [7, 11) is 0. The van der Waals surface area contributed by atoms with E-state index in [1.165, 1.54) is 0 Å². The van der Waals surface area contributed by atoms with E-state index in [0.29, 0.717) is 17.9 Å². The molecule has 0 saturated carbocycles. The molecule has 4 heteroatoms. The zero-order valence-corrected chi connectivity index (χ0v) is 8.76. The van der Waals surface area contributed by atoms with Gasteiger partial charge in [-0.25, -0.2) is 4.79 Å². The molecule has 0 atom stereocenters. The van der Waals surface area contributed by atoms with Crippen LogP contribution in [0.15, 0.2) is 48.7 Å². The van der Waals surface area contributed by atoms with Gasteiger partial charge in [-0.3, -0.25) is 4.90 Å². The van der Waals surface area contributed by atoms with Gasteiger partial charge in [-0.1, -0.05) is 24.3 Å². The first-order valence-corrected chi connectivity index (χ1v) is 5.03. The summed E-state index contributed by atoms with van der Waals surface area (Å²) in [6.07, 6.45) is 7.36. The molecule has 4 nitrogen and oxygen atoms in total. The molecule has 0 bridgehead atoms. The third-order valence-electron chi connectivity index (χ3n) is 2.28. The molecule has 0 spiro atoms. The summed E-state index contributed by atoms with van der Waals surface area (Å²) in [5, 5.41) is 2.76. The average Bonchev–Trinajstić information content (AvgIpc) is 2.33. The molecule has 82 valence electrons. The number of carbonyl (C=O) groups is 1. The topological polar surface area (TPSA) is 58.4 Å². The minimum absolute atomic E-state index is 0.182. The highest BCUT2D eigenvalue weighted by atomic mass is 16.2. The van der Waals surface area contributed by atoms with Crippen molar-refractivity contribution in [2.45, 2.75) is 0 Å². The molecule has 1 aliphatic heterocycles. The largest absolute Gasteiger partial charge is 0.397 e. The van der Waals surface area contributed by atoms with E-state index in [2.05, 4.69) is 5.32 Å². The highest BCUT2D eigenvalue weighted by molar-refractivity contribution is 5.93. The molecule has 0 fully saturated rings. The van der Waals surface area contributed by atoms with E-state index in [0.717, 1.165) is 0 Å². The van der Waals surface area contributed by atoms with Crippen LogP contribution in [0, 0.1) is 0 Å². The van der Waals surface area contributed by atoms with Gasteiger partial charge in [-0.2, -0.15) is 0 Å². The molecule has 1 aromatic carbocycles. The van der Waals surface area contributed by atoms with E-state index in [1.54, 1.807) is 23.2 Å². The number of anilines is 2. The quantitative estimate of drug-likeness (QED) is 0.705. The van der Waals surface area contributed by atoms with Crippen molar-refractivity contribution in [3.8, 4) is 0 Å². The van der Waals surface area contributed by atoms with Crippen molar-refractivity contribution in [2.24, 2.45) is 0 Å². The first-order chi connectivity index (χ1) is 7.77. The molecule has 0 saturated heterocycles. The van der Waals surface area contributed by atoms with Crippen LogP contribution < -0.4 is 11.1 Å². The number of amides is 2. The van der Waals surface area contributed by atoms with Gasteiger partial charge in [0.05, 0.1) is 11.4 Å². The van der Waals surface area contributed by atoms with Crippen molar-refractivity contribution in [3.05, 3.63) is 48.7 Å². The van der Waals surface area contributed by atoms with Crippen LogP contribution in [0.5, 0.6) is 0 Å². The number of nitrogens with one attached hydrogen (secondary N) is 1. The Hall–Kier alpha value is -2.23.